The molecule has 0 amide bonds. The molecule has 0 aromatic carbocycles. The van der Waals surface area contributed by atoms with E-state index in [1.54, 1.807) is 0 Å². The molecule has 0 unspecified atom stereocenters. The summed E-state index contributed by atoms with van der Waals surface area (Å²) in [6.07, 6.45) is 3.72. The zero-order chi connectivity index (χ0) is 10.7. The maximum atomic E-state index is 5.44. The van der Waals surface area contributed by atoms with Crippen molar-refractivity contribution in [3.05, 3.63) is 5.89 Å². The van der Waals surface area contributed by atoms with Gasteiger partial charge in [-0.2, -0.15) is 0 Å². The van der Waals surface area contributed by atoms with E-state index in [0.717, 1.165) is 0 Å². The quantitative estimate of drug-likeness (QED) is 0.771. The van der Waals surface area contributed by atoms with Gasteiger partial charge in [-0.15, -0.1) is 5.10 Å². The van der Waals surface area contributed by atoms with Gasteiger partial charge in [0, 0.05) is 12.1 Å². The number of aromatic nitrogens is 2. The van der Waals surface area contributed by atoms with E-state index >= 15 is 0 Å². The zero-order valence-electron chi connectivity index (χ0n) is 9.29. The minimum atomic E-state index is 0.431. The fraction of sp³-hybridized carbons (Fsp3) is 0.800. The molecule has 15 heavy (non-hydrogen) atoms. The molecular formula is C10H18N4O. The Hall–Kier alpha value is -1.10. The van der Waals surface area contributed by atoms with Crippen molar-refractivity contribution < 1.29 is 4.42 Å². The molecule has 1 aliphatic rings. The van der Waals surface area contributed by atoms with Gasteiger partial charge in [0.2, 0.25) is 5.89 Å². The van der Waals surface area contributed by atoms with Crippen LogP contribution in [-0.2, 0) is 6.54 Å². The number of nitrogens with one attached hydrogen (secondary N) is 2. The van der Waals surface area contributed by atoms with Gasteiger partial charge in [-0.1, -0.05) is 18.9 Å². The second kappa shape index (κ2) is 4.61. The highest BCUT2D eigenvalue weighted by Crippen LogP contribution is 2.22. The summed E-state index contributed by atoms with van der Waals surface area (Å²) >= 11 is 0. The summed E-state index contributed by atoms with van der Waals surface area (Å²) in [6.45, 7) is 4.81. The van der Waals surface area contributed by atoms with Crippen LogP contribution in [0, 0.1) is 0 Å². The molecule has 5 nitrogen and oxygen atoms in total. The monoisotopic (exact) mass is 210 g/mol. The summed E-state index contributed by atoms with van der Waals surface area (Å²) in [5.74, 6) is 0.644. The Bertz CT molecular complexity index is 306. The van der Waals surface area contributed by atoms with Crippen molar-refractivity contribution in [1.29, 1.82) is 0 Å². The Labute approximate surface area is 89.6 Å². The molecule has 0 radical (unpaired) electrons. The minimum Gasteiger partial charge on any atom is -0.407 e. The molecule has 1 heterocycles. The first-order chi connectivity index (χ1) is 7.24. The summed E-state index contributed by atoms with van der Waals surface area (Å²) in [5.41, 5.74) is 0. The molecule has 1 aliphatic carbocycles. The number of anilines is 1. The van der Waals surface area contributed by atoms with Gasteiger partial charge in [0.25, 0.3) is 0 Å². The van der Waals surface area contributed by atoms with Crippen LogP contribution in [0.1, 0.15) is 39.0 Å². The molecule has 1 saturated carbocycles. The van der Waals surface area contributed by atoms with Crippen LogP contribution in [0.25, 0.3) is 0 Å². The molecule has 2 rings (SSSR count). The van der Waals surface area contributed by atoms with Gasteiger partial charge >= 0.3 is 6.01 Å². The van der Waals surface area contributed by atoms with E-state index < -0.39 is 0 Å². The summed E-state index contributed by atoms with van der Waals surface area (Å²) in [7, 11) is 0. The largest absolute Gasteiger partial charge is 0.407 e. The second-order valence-electron chi connectivity index (χ2n) is 4.31. The normalized spacial score (nSPS) is 16.7. The Kier molecular flexibility index (Phi) is 3.20. The second-order valence-corrected chi connectivity index (χ2v) is 4.31. The number of nitrogens with zero attached hydrogens (tertiary/aromatic N) is 2. The number of rotatable bonds is 5. The fourth-order valence-electron chi connectivity index (χ4n) is 1.40. The molecule has 0 spiro atoms. The standard InChI is InChI=1S/C10H18N4O/c1-7(2)11-6-9-13-14-10(15-9)12-8-4-3-5-8/h7-8,11H,3-6H2,1-2H3,(H,12,14). The maximum absolute atomic E-state index is 5.44. The zero-order valence-corrected chi connectivity index (χ0v) is 9.29. The number of hydrogen-bond acceptors (Lipinski definition) is 5. The van der Waals surface area contributed by atoms with E-state index in [-0.39, 0.29) is 0 Å². The predicted octanol–water partition coefficient (Wildman–Crippen LogP) is 1.53. The molecule has 0 atom stereocenters. The van der Waals surface area contributed by atoms with Gasteiger partial charge in [-0.05, 0) is 19.3 Å². The first-order valence-electron chi connectivity index (χ1n) is 5.56. The lowest BCUT2D eigenvalue weighted by Gasteiger charge is -2.24. The predicted molar refractivity (Wildman–Crippen MR) is 57.5 cm³/mol. The first-order valence-corrected chi connectivity index (χ1v) is 5.56. The van der Waals surface area contributed by atoms with E-state index in [1.807, 2.05) is 0 Å². The van der Waals surface area contributed by atoms with E-state index in [1.165, 1.54) is 19.3 Å². The lowest BCUT2D eigenvalue weighted by Crippen LogP contribution is -2.27. The Balaban J connectivity index is 1.80. The van der Waals surface area contributed by atoms with Gasteiger partial charge in [-0.3, -0.25) is 0 Å². The third kappa shape index (κ3) is 2.92. The van der Waals surface area contributed by atoms with Crippen molar-refractivity contribution in [2.45, 2.75) is 51.7 Å². The molecule has 1 aromatic rings. The summed E-state index contributed by atoms with van der Waals surface area (Å²) in [6, 6.07) is 1.52. The average Bonchev–Trinajstić information content (AvgIpc) is 2.56. The topological polar surface area (TPSA) is 63.0 Å². The summed E-state index contributed by atoms with van der Waals surface area (Å²) in [4.78, 5) is 0. The third-order valence-electron chi connectivity index (χ3n) is 2.56. The molecule has 0 aliphatic heterocycles. The van der Waals surface area contributed by atoms with E-state index in [4.69, 9.17) is 4.42 Å². The average molecular weight is 210 g/mol. The molecule has 1 fully saturated rings. The third-order valence-corrected chi connectivity index (χ3v) is 2.56. The first kappa shape index (κ1) is 10.4. The van der Waals surface area contributed by atoms with Crippen molar-refractivity contribution in [3.63, 3.8) is 0 Å². The minimum absolute atomic E-state index is 0.431. The van der Waals surface area contributed by atoms with Crippen LogP contribution < -0.4 is 10.6 Å². The van der Waals surface area contributed by atoms with Gasteiger partial charge in [-0.25, -0.2) is 0 Å². The lowest BCUT2D eigenvalue weighted by molar-refractivity contribution is 0.415. The van der Waals surface area contributed by atoms with Crippen LogP contribution in [0.3, 0.4) is 0 Å². The van der Waals surface area contributed by atoms with Crippen LogP contribution in [0.2, 0.25) is 0 Å². The highest BCUT2D eigenvalue weighted by molar-refractivity contribution is 5.20. The van der Waals surface area contributed by atoms with Crippen molar-refractivity contribution in [1.82, 2.24) is 15.5 Å². The number of hydrogen-bond donors (Lipinski definition) is 2. The van der Waals surface area contributed by atoms with E-state index in [9.17, 15) is 0 Å². The van der Waals surface area contributed by atoms with Crippen molar-refractivity contribution in [3.8, 4) is 0 Å². The van der Waals surface area contributed by atoms with Crippen LogP contribution in [0.5, 0.6) is 0 Å². The Morgan fingerprint density at radius 1 is 1.40 bits per heavy atom. The van der Waals surface area contributed by atoms with Gasteiger partial charge < -0.3 is 15.1 Å². The van der Waals surface area contributed by atoms with Gasteiger partial charge in [0.15, 0.2) is 0 Å². The summed E-state index contributed by atoms with van der Waals surface area (Å²) in [5, 5.41) is 14.4. The SMILES string of the molecule is CC(C)NCc1nnc(NC2CCC2)o1. The molecular weight excluding hydrogens is 192 g/mol. The van der Waals surface area contributed by atoms with Crippen LogP contribution >= 0.6 is 0 Å². The van der Waals surface area contributed by atoms with Crippen molar-refractivity contribution in [2.24, 2.45) is 0 Å². The molecule has 0 bridgehead atoms. The smallest absolute Gasteiger partial charge is 0.315 e. The molecule has 1 aromatic heterocycles. The van der Waals surface area contributed by atoms with Crippen LogP contribution in [0.4, 0.5) is 6.01 Å². The summed E-state index contributed by atoms with van der Waals surface area (Å²) < 4.78 is 5.44. The Morgan fingerprint density at radius 3 is 2.80 bits per heavy atom. The Morgan fingerprint density at radius 2 is 2.20 bits per heavy atom. The van der Waals surface area contributed by atoms with Crippen molar-refractivity contribution >= 4 is 6.01 Å². The molecule has 0 saturated heterocycles. The van der Waals surface area contributed by atoms with Gasteiger partial charge in [0.05, 0.1) is 6.54 Å². The molecule has 84 valence electrons. The van der Waals surface area contributed by atoms with E-state index in [2.05, 4.69) is 34.7 Å². The van der Waals surface area contributed by atoms with E-state index in [0.29, 0.717) is 30.5 Å². The highest BCUT2D eigenvalue weighted by Gasteiger charge is 2.19. The fourth-order valence-corrected chi connectivity index (χ4v) is 1.40. The highest BCUT2D eigenvalue weighted by atomic mass is 16.4. The van der Waals surface area contributed by atoms with Crippen molar-refractivity contribution in [2.75, 3.05) is 5.32 Å². The molecule has 5 heteroatoms. The molecule has 2 N–H and O–H groups in total. The van der Waals surface area contributed by atoms with Crippen LogP contribution in [0.15, 0.2) is 4.42 Å². The van der Waals surface area contributed by atoms with Crippen LogP contribution in [-0.4, -0.2) is 22.3 Å². The lowest BCUT2D eigenvalue weighted by atomic mass is 9.93. The van der Waals surface area contributed by atoms with Gasteiger partial charge in [0.1, 0.15) is 0 Å². The maximum Gasteiger partial charge on any atom is 0.315 e.